The Morgan fingerprint density at radius 2 is 1.83 bits per heavy atom. The standard InChI is InChI=1S/C17H29N3O.C2H6/c1-15(2)7-5-9-19(4)16(21)8-6-10-20-13-17(14-20)11-18(3)12-17;1-2/h15H,6,8-14H2,1-4H3;1-2H3. The number of hydrogen-bond acceptors (Lipinski definition) is 3. The summed E-state index contributed by atoms with van der Waals surface area (Å²) in [5.41, 5.74) is 0.599. The third kappa shape index (κ3) is 6.16. The van der Waals surface area contributed by atoms with Crippen LogP contribution in [-0.4, -0.2) is 74.0 Å². The number of carbonyl (C=O) groups is 1. The lowest BCUT2D eigenvalue weighted by molar-refractivity contribution is -0.130. The normalized spacial score (nSPS) is 19.1. The first-order chi connectivity index (χ1) is 10.9. The molecule has 2 aliphatic heterocycles. The molecule has 2 aliphatic rings. The monoisotopic (exact) mass is 321 g/mol. The molecular weight excluding hydrogens is 286 g/mol. The summed E-state index contributed by atoms with van der Waals surface area (Å²) in [6.45, 7) is 14.7. The van der Waals surface area contributed by atoms with E-state index >= 15 is 0 Å². The quantitative estimate of drug-likeness (QED) is 0.726. The Morgan fingerprint density at radius 1 is 1.22 bits per heavy atom. The Kier molecular flexibility index (Phi) is 8.08. The zero-order chi connectivity index (χ0) is 17.5. The van der Waals surface area contributed by atoms with Crippen molar-refractivity contribution in [3.63, 3.8) is 0 Å². The van der Waals surface area contributed by atoms with Crippen LogP contribution < -0.4 is 0 Å². The molecule has 4 heteroatoms. The fourth-order valence-electron chi connectivity index (χ4n) is 3.46. The zero-order valence-electron chi connectivity index (χ0n) is 16.0. The molecule has 2 fully saturated rings. The van der Waals surface area contributed by atoms with Gasteiger partial charge in [0.15, 0.2) is 0 Å². The summed E-state index contributed by atoms with van der Waals surface area (Å²) in [7, 11) is 4.03. The second kappa shape index (κ2) is 9.30. The van der Waals surface area contributed by atoms with Gasteiger partial charge in [0.2, 0.25) is 5.91 Å². The second-order valence-corrected chi connectivity index (χ2v) is 7.21. The SMILES string of the molecule is CC.CC(C)C#CCN(C)C(=O)CCCN1CC2(CN(C)C2)C1. The van der Waals surface area contributed by atoms with Crippen molar-refractivity contribution in [2.45, 2.75) is 40.5 Å². The summed E-state index contributed by atoms with van der Waals surface area (Å²) >= 11 is 0. The van der Waals surface area contributed by atoms with Crippen molar-refractivity contribution in [1.29, 1.82) is 0 Å². The summed E-state index contributed by atoms with van der Waals surface area (Å²) in [4.78, 5) is 18.6. The molecule has 0 atom stereocenters. The van der Waals surface area contributed by atoms with Gasteiger partial charge in [0.05, 0.1) is 6.54 Å². The maximum atomic E-state index is 12.0. The van der Waals surface area contributed by atoms with Crippen LogP contribution in [0.4, 0.5) is 0 Å². The maximum absolute atomic E-state index is 12.0. The number of amides is 1. The average molecular weight is 322 g/mol. The smallest absolute Gasteiger partial charge is 0.223 e. The third-order valence-electron chi connectivity index (χ3n) is 4.33. The molecule has 0 aromatic heterocycles. The van der Waals surface area contributed by atoms with E-state index in [-0.39, 0.29) is 5.91 Å². The van der Waals surface area contributed by atoms with Gasteiger partial charge in [-0.2, -0.15) is 0 Å². The van der Waals surface area contributed by atoms with Crippen molar-refractivity contribution in [3.05, 3.63) is 0 Å². The predicted molar refractivity (Wildman–Crippen MR) is 97.2 cm³/mol. The van der Waals surface area contributed by atoms with E-state index in [2.05, 4.69) is 42.5 Å². The van der Waals surface area contributed by atoms with Gasteiger partial charge in [-0.1, -0.05) is 39.5 Å². The second-order valence-electron chi connectivity index (χ2n) is 7.21. The van der Waals surface area contributed by atoms with Crippen molar-refractivity contribution in [3.8, 4) is 11.8 Å². The largest absolute Gasteiger partial charge is 0.335 e. The highest BCUT2D eigenvalue weighted by atomic mass is 16.2. The summed E-state index contributed by atoms with van der Waals surface area (Å²) in [5.74, 6) is 6.74. The molecule has 4 nitrogen and oxygen atoms in total. The molecular formula is C19H35N3O. The van der Waals surface area contributed by atoms with E-state index in [4.69, 9.17) is 0 Å². The molecule has 2 heterocycles. The van der Waals surface area contributed by atoms with Crippen LogP contribution in [0.2, 0.25) is 0 Å². The Morgan fingerprint density at radius 3 is 2.35 bits per heavy atom. The molecule has 0 unspecified atom stereocenters. The van der Waals surface area contributed by atoms with E-state index in [1.54, 1.807) is 4.90 Å². The first-order valence-electron chi connectivity index (χ1n) is 9.03. The van der Waals surface area contributed by atoms with Crippen molar-refractivity contribution in [2.75, 3.05) is 53.4 Å². The van der Waals surface area contributed by atoms with Crippen LogP contribution in [0.1, 0.15) is 40.5 Å². The van der Waals surface area contributed by atoms with Gasteiger partial charge in [-0.25, -0.2) is 0 Å². The summed E-state index contributed by atoms with van der Waals surface area (Å²) in [6.07, 6.45) is 1.61. The molecule has 0 N–H and O–H groups in total. The fourth-order valence-corrected chi connectivity index (χ4v) is 3.46. The van der Waals surface area contributed by atoms with Gasteiger partial charge in [0, 0.05) is 51.0 Å². The third-order valence-corrected chi connectivity index (χ3v) is 4.33. The lowest BCUT2D eigenvalue weighted by atomic mass is 9.73. The Balaban J connectivity index is 0.00000127. The Bertz CT molecular complexity index is 422. The van der Waals surface area contributed by atoms with Gasteiger partial charge in [0.1, 0.15) is 0 Å². The minimum absolute atomic E-state index is 0.215. The Labute approximate surface area is 143 Å². The molecule has 1 spiro atoms. The molecule has 0 radical (unpaired) electrons. The molecule has 23 heavy (non-hydrogen) atoms. The highest BCUT2D eigenvalue weighted by Crippen LogP contribution is 2.38. The molecule has 132 valence electrons. The summed E-state index contributed by atoms with van der Waals surface area (Å²) in [5, 5.41) is 0. The van der Waals surface area contributed by atoms with E-state index < -0.39 is 0 Å². The van der Waals surface area contributed by atoms with Gasteiger partial charge < -0.3 is 14.7 Å². The highest BCUT2D eigenvalue weighted by Gasteiger charge is 2.49. The van der Waals surface area contributed by atoms with E-state index in [1.165, 1.54) is 26.2 Å². The van der Waals surface area contributed by atoms with Crippen LogP contribution in [0, 0.1) is 23.2 Å². The minimum atomic E-state index is 0.215. The van der Waals surface area contributed by atoms with Gasteiger partial charge in [-0.05, 0) is 20.0 Å². The number of rotatable bonds is 5. The molecule has 0 aromatic rings. The van der Waals surface area contributed by atoms with E-state index in [9.17, 15) is 4.79 Å². The van der Waals surface area contributed by atoms with Crippen molar-refractivity contribution >= 4 is 5.91 Å². The van der Waals surface area contributed by atoms with Crippen LogP contribution >= 0.6 is 0 Å². The molecule has 0 aliphatic carbocycles. The predicted octanol–water partition coefficient (Wildman–Crippen LogP) is 2.16. The molecule has 0 aromatic carbocycles. The zero-order valence-corrected chi connectivity index (χ0v) is 16.0. The van der Waals surface area contributed by atoms with Gasteiger partial charge in [-0.15, -0.1) is 0 Å². The number of carbonyl (C=O) groups excluding carboxylic acids is 1. The van der Waals surface area contributed by atoms with E-state index in [0.717, 1.165) is 13.0 Å². The number of likely N-dealkylation sites (tertiary alicyclic amines) is 2. The van der Waals surface area contributed by atoms with Gasteiger partial charge in [0.25, 0.3) is 0 Å². The first-order valence-corrected chi connectivity index (χ1v) is 9.03. The Hall–Kier alpha value is -1.05. The van der Waals surface area contributed by atoms with Crippen LogP contribution in [0.3, 0.4) is 0 Å². The van der Waals surface area contributed by atoms with Crippen molar-refractivity contribution in [2.24, 2.45) is 11.3 Å². The summed E-state index contributed by atoms with van der Waals surface area (Å²) < 4.78 is 0. The fraction of sp³-hybridized carbons (Fsp3) is 0.842. The van der Waals surface area contributed by atoms with E-state index in [1.807, 2.05) is 20.9 Å². The topological polar surface area (TPSA) is 26.8 Å². The van der Waals surface area contributed by atoms with E-state index in [0.29, 0.717) is 24.3 Å². The minimum Gasteiger partial charge on any atom is -0.335 e. The van der Waals surface area contributed by atoms with Crippen molar-refractivity contribution in [1.82, 2.24) is 14.7 Å². The average Bonchev–Trinajstić information content (AvgIpc) is 2.44. The molecule has 1 amide bonds. The number of nitrogens with zero attached hydrogens (tertiary/aromatic N) is 3. The highest BCUT2D eigenvalue weighted by molar-refractivity contribution is 5.76. The van der Waals surface area contributed by atoms with Crippen LogP contribution in [-0.2, 0) is 4.79 Å². The lowest BCUT2D eigenvalue weighted by Gasteiger charge is -2.59. The van der Waals surface area contributed by atoms with Gasteiger partial charge >= 0.3 is 0 Å². The lowest BCUT2D eigenvalue weighted by Crippen LogP contribution is -2.71. The summed E-state index contributed by atoms with van der Waals surface area (Å²) in [6, 6.07) is 0. The van der Waals surface area contributed by atoms with Crippen LogP contribution in [0.25, 0.3) is 0 Å². The van der Waals surface area contributed by atoms with Crippen molar-refractivity contribution < 1.29 is 4.79 Å². The molecule has 0 saturated carbocycles. The van der Waals surface area contributed by atoms with Gasteiger partial charge in [-0.3, -0.25) is 4.79 Å². The van der Waals surface area contributed by atoms with Crippen LogP contribution in [0.15, 0.2) is 0 Å². The first kappa shape index (κ1) is 20.0. The molecule has 2 rings (SSSR count). The number of hydrogen-bond donors (Lipinski definition) is 0. The molecule has 0 bridgehead atoms. The maximum Gasteiger partial charge on any atom is 0.223 e. The van der Waals surface area contributed by atoms with Crippen LogP contribution in [0.5, 0.6) is 0 Å². The molecule has 2 saturated heterocycles.